The first-order valence-electron chi connectivity index (χ1n) is 7.80. The van der Waals surface area contributed by atoms with Gasteiger partial charge in [-0.25, -0.2) is 4.79 Å². The van der Waals surface area contributed by atoms with Crippen LogP contribution in [0.3, 0.4) is 0 Å². The first-order valence-corrected chi connectivity index (χ1v) is 8.33. The van der Waals surface area contributed by atoms with Gasteiger partial charge < -0.3 is 10.1 Å². The van der Waals surface area contributed by atoms with Crippen LogP contribution in [0.2, 0.25) is 0 Å². The molecule has 120 valence electrons. The molecule has 22 heavy (non-hydrogen) atoms. The van der Waals surface area contributed by atoms with E-state index in [9.17, 15) is 14.4 Å². The average Bonchev–Trinajstić information content (AvgIpc) is 2.69. The molecule has 2 saturated heterocycles. The van der Waals surface area contributed by atoms with Gasteiger partial charge in [-0.3, -0.25) is 9.59 Å². The number of allylic oxidation sites excluding steroid dienone is 2. The minimum atomic E-state index is -1.51. The molecule has 6 heteroatoms. The van der Waals surface area contributed by atoms with Gasteiger partial charge >= 0.3 is 5.97 Å². The van der Waals surface area contributed by atoms with Gasteiger partial charge in [0.1, 0.15) is 0 Å². The zero-order valence-corrected chi connectivity index (χ0v) is 13.3. The molecule has 5 nitrogen and oxygen atoms in total. The molecule has 3 rings (SSSR count). The number of halogens is 1. The molecular weight excluding hydrogens is 306 g/mol. The third kappa shape index (κ3) is 1.87. The Hall–Kier alpha value is -1.36. The topological polar surface area (TPSA) is 72.5 Å². The maximum Gasteiger partial charge on any atom is 0.344 e. The summed E-state index contributed by atoms with van der Waals surface area (Å²) in [5.41, 5.74) is -2.59. The molecule has 0 aromatic carbocycles. The van der Waals surface area contributed by atoms with Gasteiger partial charge in [-0.05, 0) is 39.0 Å². The number of hydrogen-bond acceptors (Lipinski definition) is 4. The van der Waals surface area contributed by atoms with Gasteiger partial charge in [-0.2, -0.15) is 0 Å². The van der Waals surface area contributed by atoms with Crippen LogP contribution in [0.1, 0.15) is 39.0 Å². The van der Waals surface area contributed by atoms with Gasteiger partial charge in [-0.1, -0.05) is 12.2 Å². The Bertz CT molecular complexity index is 560. The highest BCUT2D eigenvalue weighted by Gasteiger charge is 2.79. The highest BCUT2D eigenvalue weighted by molar-refractivity contribution is 6.20. The molecule has 3 aliphatic rings. The monoisotopic (exact) mass is 325 g/mol. The summed E-state index contributed by atoms with van der Waals surface area (Å²) in [6.07, 6.45) is 7.54. The van der Waals surface area contributed by atoms with E-state index in [1.54, 1.807) is 6.92 Å². The first-order chi connectivity index (χ1) is 10.5. The minimum Gasteiger partial charge on any atom is -0.453 e. The molecule has 3 unspecified atom stereocenters. The van der Waals surface area contributed by atoms with E-state index in [-0.39, 0.29) is 17.6 Å². The molecule has 4 atom stereocenters. The Balaban J connectivity index is 1.92. The van der Waals surface area contributed by atoms with Crippen LogP contribution < -0.4 is 5.32 Å². The number of rotatable bonds is 5. The third-order valence-electron chi connectivity index (χ3n) is 5.23. The largest absolute Gasteiger partial charge is 0.453 e. The van der Waals surface area contributed by atoms with Gasteiger partial charge in [-0.15, -0.1) is 11.6 Å². The first kappa shape index (κ1) is 15.5. The standard InChI is InChI=1S/C16H20ClNO4/c1-15-11(8-5-9-17)13(20)18-16(15,14(21)22-15)12(19)10-6-3-2-4-7-10/h3,6,10-11H,2,4-5,7-9H2,1H3,(H,18,20)/t10?,11?,15-,16?/m0/s1. The molecule has 0 aromatic rings. The van der Waals surface area contributed by atoms with Gasteiger partial charge in [0.25, 0.3) is 0 Å². The molecule has 0 saturated carbocycles. The van der Waals surface area contributed by atoms with E-state index in [0.29, 0.717) is 25.1 Å². The van der Waals surface area contributed by atoms with Gasteiger partial charge in [0, 0.05) is 11.8 Å². The van der Waals surface area contributed by atoms with Gasteiger partial charge in [0.2, 0.25) is 11.4 Å². The molecule has 2 fully saturated rings. The number of ether oxygens (including phenoxy) is 1. The Labute approximate surface area is 134 Å². The Morgan fingerprint density at radius 3 is 2.86 bits per heavy atom. The Morgan fingerprint density at radius 2 is 2.27 bits per heavy atom. The van der Waals surface area contributed by atoms with E-state index in [1.165, 1.54) is 0 Å². The lowest BCUT2D eigenvalue weighted by Crippen LogP contribution is -2.78. The summed E-state index contributed by atoms with van der Waals surface area (Å²) >= 11 is 5.71. The van der Waals surface area contributed by atoms with Gasteiger partial charge in [0.15, 0.2) is 11.4 Å². The number of Topliss-reactive ketones (excluding diaryl/α,β-unsaturated/α-hetero) is 1. The van der Waals surface area contributed by atoms with Crippen LogP contribution in [0, 0.1) is 11.8 Å². The number of esters is 1. The summed E-state index contributed by atoms with van der Waals surface area (Å²) in [5.74, 6) is -1.55. The smallest absolute Gasteiger partial charge is 0.344 e. The number of hydrogen-bond donors (Lipinski definition) is 1. The van der Waals surface area contributed by atoms with E-state index < -0.39 is 23.0 Å². The van der Waals surface area contributed by atoms with Crippen LogP contribution in [0.5, 0.6) is 0 Å². The Morgan fingerprint density at radius 1 is 1.50 bits per heavy atom. The zero-order valence-electron chi connectivity index (χ0n) is 12.6. The summed E-state index contributed by atoms with van der Waals surface area (Å²) in [7, 11) is 0. The fraction of sp³-hybridized carbons (Fsp3) is 0.688. The predicted octanol–water partition coefficient (Wildman–Crippen LogP) is 1.73. The summed E-state index contributed by atoms with van der Waals surface area (Å²) in [6.45, 7) is 1.69. The van der Waals surface area contributed by atoms with Crippen molar-refractivity contribution in [1.29, 1.82) is 0 Å². The quantitative estimate of drug-likeness (QED) is 0.361. The summed E-state index contributed by atoms with van der Waals surface area (Å²) in [5, 5.41) is 2.67. The van der Waals surface area contributed by atoms with Crippen molar-refractivity contribution in [2.24, 2.45) is 11.8 Å². The van der Waals surface area contributed by atoms with E-state index >= 15 is 0 Å². The highest BCUT2D eigenvalue weighted by Crippen LogP contribution is 2.52. The molecule has 2 heterocycles. The number of ketones is 1. The van der Waals surface area contributed by atoms with Crippen LogP contribution in [0.25, 0.3) is 0 Å². The van der Waals surface area contributed by atoms with Crippen molar-refractivity contribution in [2.45, 2.75) is 50.2 Å². The van der Waals surface area contributed by atoms with Crippen molar-refractivity contribution < 1.29 is 19.1 Å². The summed E-state index contributed by atoms with van der Waals surface area (Å²) in [6, 6.07) is 0. The van der Waals surface area contributed by atoms with Crippen LogP contribution in [0.15, 0.2) is 12.2 Å². The van der Waals surface area contributed by atoms with E-state index in [1.807, 2.05) is 12.2 Å². The van der Waals surface area contributed by atoms with Crippen molar-refractivity contribution in [3.8, 4) is 0 Å². The van der Waals surface area contributed by atoms with Crippen molar-refractivity contribution in [3.63, 3.8) is 0 Å². The lowest BCUT2D eigenvalue weighted by atomic mass is 9.65. The number of amides is 1. The molecule has 1 N–H and O–H groups in total. The lowest BCUT2D eigenvalue weighted by Gasteiger charge is -2.51. The number of alkyl halides is 1. The van der Waals surface area contributed by atoms with Crippen LogP contribution in [0.4, 0.5) is 0 Å². The Kier molecular flexibility index (Phi) is 3.79. The normalized spacial score (nSPS) is 39.7. The molecule has 0 aromatic heterocycles. The molecular formula is C16H20ClNO4. The lowest BCUT2D eigenvalue weighted by molar-refractivity contribution is -0.218. The number of carbonyl (C=O) groups excluding carboxylic acids is 3. The molecule has 2 aliphatic heterocycles. The molecule has 0 spiro atoms. The van der Waals surface area contributed by atoms with Crippen LogP contribution >= 0.6 is 11.6 Å². The number of nitrogens with one attached hydrogen (secondary N) is 1. The van der Waals surface area contributed by atoms with Gasteiger partial charge in [0.05, 0.1) is 5.92 Å². The number of fused-ring (bicyclic) bond motifs is 1. The third-order valence-corrected chi connectivity index (χ3v) is 5.50. The number of carbonyl (C=O) groups is 3. The molecule has 1 amide bonds. The highest BCUT2D eigenvalue weighted by atomic mass is 35.5. The maximum absolute atomic E-state index is 13.0. The van der Waals surface area contributed by atoms with E-state index in [4.69, 9.17) is 16.3 Å². The predicted molar refractivity (Wildman–Crippen MR) is 80.3 cm³/mol. The second-order valence-corrected chi connectivity index (χ2v) is 6.83. The fourth-order valence-corrected chi connectivity index (χ4v) is 4.09. The second-order valence-electron chi connectivity index (χ2n) is 6.45. The fourth-order valence-electron chi connectivity index (χ4n) is 3.94. The molecule has 0 bridgehead atoms. The van der Waals surface area contributed by atoms with Crippen LogP contribution in [-0.2, 0) is 19.1 Å². The zero-order chi connectivity index (χ0) is 16.0. The molecule has 0 radical (unpaired) electrons. The van der Waals surface area contributed by atoms with Crippen molar-refractivity contribution in [1.82, 2.24) is 5.32 Å². The SMILES string of the molecule is C[C@@]12OC(=O)C1(C(=O)C1C=CCCC1)NC(=O)C2CCCCl. The minimum absolute atomic E-state index is 0.232. The van der Waals surface area contributed by atoms with Crippen molar-refractivity contribution in [2.75, 3.05) is 5.88 Å². The average molecular weight is 326 g/mol. The van der Waals surface area contributed by atoms with Crippen LogP contribution in [-0.4, -0.2) is 34.7 Å². The summed E-state index contributed by atoms with van der Waals surface area (Å²) < 4.78 is 5.34. The maximum atomic E-state index is 13.0. The second kappa shape index (κ2) is 5.37. The molecule has 1 aliphatic carbocycles. The van der Waals surface area contributed by atoms with E-state index in [0.717, 1.165) is 12.8 Å². The van der Waals surface area contributed by atoms with Crippen molar-refractivity contribution >= 4 is 29.3 Å². The summed E-state index contributed by atoms with van der Waals surface area (Å²) in [4.78, 5) is 37.5. The van der Waals surface area contributed by atoms with Crippen molar-refractivity contribution in [3.05, 3.63) is 12.2 Å². The van der Waals surface area contributed by atoms with E-state index in [2.05, 4.69) is 5.32 Å².